The van der Waals surface area contributed by atoms with Gasteiger partial charge in [-0.1, -0.05) is 18.2 Å². The van der Waals surface area contributed by atoms with Crippen molar-refractivity contribution in [2.75, 3.05) is 40.3 Å². The quantitative estimate of drug-likeness (QED) is 0.696. The van der Waals surface area contributed by atoms with Crippen LogP contribution >= 0.6 is 0 Å². The summed E-state index contributed by atoms with van der Waals surface area (Å²) in [6, 6.07) is 11.1. The summed E-state index contributed by atoms with van der Waals surface area (Å²) in [4.78, 5) is 15.3. The number of piperazine rings is 1. The standard InChI is InChI=1S/C21H24F3N3O3S/c1-25(2)20(28)17-6-3-5-16(13-17)15-26-9-11-27(12-10-26)31(29,30)19-8-4-7-18(14-19)21(22,23)24/h3-8,13-14H,9-12,15H2,1-2H3. The molecular weight excluding hydrogens is 431 g/mol. The van der Waals surface area contributed by atoms with E-state index in [9.17, 15) is 26.4 Å². The van der Waals surface area contributed by atoms with Gasteiger partial charge < -0.3 is 4.90 Å². The zero-order chi connectivity index (χ0) is 22.8. The zero-order valence-corrected chi connectivity index (χ0v) is 18.1. The van der Waals surface area contributed by atoms with Gasteiger partial charge in [-0.2, -0.15) is 17.5 Å². The third-order valence-electron chi connectivity index (χ3n) is 5.12. The summed E-state index contributed by atoms with van der Waals surface area (Å²) in [6.07, 6.45) is -4.60. The van der Waals surface area contributed by atoms with Crippen LogP contribution in [0.2, 0.25) is 0 Å². The maximum Gasteiger partial charge on any atom is 0.416 e. The van der Waals surface area contributed by atoms with Gasteiger partial charge in [0.1, 0.15) is 0 Å². The molecule has 1 heterocycles. The lowest BCUT2D eigenvalue weighted by molar-refractivity contribution is -0.137. The van der Waals surface area contributed by atoms with Crippen LogP contribution in [0, 0.1) is 0 Å². The Morgan fingerprint density at radius 1 is 1.00 bits per heavy atom. The molecule has 1 fully saturated rings. The van der Waals surface area contributed by atoms with E-state index >= 15 is 0 Å². The molecule has 6 nitrogen and oxygen atoms in total. The maximum absolute atomic E-state index is 12.9. The van der Waals surface area contributed by atoms with Crippen molar-refractivity contribution in [3.05, 3.63) is 65.2 Å². The van der Waals surface area contributed by atoms with E-state index in [1.165, 1.54) is 15.3 Å². The van der Waals surface area contributed by atoms with Gasteiger partial charge in [0.15, 0.2) is 0 Å². The number of carbonyl (C=O) groups is 1. The SMILES string of the molecule is CN(C)C(=O)c1cccc(CN2CCN(S(=O)(=O)c3cccc(C(F)(F)F)c3)CC2)c1. The Morgan fingerprint density at radius 3 is 2.26 bits per heavy atom. The van der Waals surface area contributed by atoms with Crippen LogP contribution in [0.15, 0.2) is 53.4 Å². The van der Waals surface area contributed by atoms with Gasteiger partial charge in [0.25, 0.3) is 5.91 Å². The minimum absolute atomic E-state index is 0.0983. The first-order valence-electron chi connectivity index (χ1n) is 9.69. The van der Waals surface area contributed by atoms with Crippen LogP contribution in [-0.2, 0) is 22.7 Å². The molecule has 0 N–H and O–H groups in total. The van der Waals surface area contributed by atoms with E-state index in [0.29, 0.717) is 31.3 Å². The number of nitrogens with zero attached hydrogens (tertiary/aromatic N) is 3. The molecule has 0 saturated carbocycles. The molecule has 2 aromatic carbocycles. The van der Waals surface area contributed by atoms with Crippen LogP contribution in [0.3, 0.4) is 0 Å². The highest BCUT2D eigenvalue weighted by Crippen LogP contribution is 2.31. The molecule has 1 aliphatic heterocycles. The lowest BCUT2D eigenvalue weighted by Gasteiger charge is -2.34. The molecule has 0 radical (unpaired) electrons. The highest BCUT2D eigenvalue weighted by atomic mass is 32.2. The lowest BCUT2D eigenvalue weighted by Crippen LogP contribution is -2.48. The van der Waals surface area contributed by atoms with Crippen molar-refractivity contribution in [1.82, 2.24) is 14.1 Å². The summed E-state index contributed by atoms with van der Waals surface area (Å²) in [7, 11) is -0.653. The second kappa shape index (κ2) is 8.97. The topological polar surface area (TPSA) is 60.9 Å². The smallest absolute Gasteiger partial charge is 0.345 e. The second-order valence-electron chi connectivity index (χ2n) is 7.61. The average molecular weight is 456 g/mol. The van der Waals surface area contributed by atoms with Crippen LogP contribution in [-0.4, -0.2) is 68.7 Å². The fraction of sp³-hybridized carbons (Fsp3) is 0.381. The van der Waals surface area contributed by atoms with Crippen LogP contribution in [0.1, 0.15) is 21.5 Å². The average Bonchev–Trinajstić information content (AvgIpc) is 2.73. The van der Waals surface area contributed by atoms with E-state index in [2.05, 4.69) is 4.90 Å². The van der Waals surface area contributed by atoms with Gasteiger partial charge in [0.05, 0.1) is 10.5 Å². The van der Waals surface area contributed by atoms with Crippen molar-refractivity contribution < 1.29 is 26.4 Å². The van der Waals surface area contributed by atoms with Gasteiger partial charge in [-0.15, -0.1) is 0 Å². The van der Waals surface area contributed by atoms with Gasteiger partial charge >= 0.3 is 6.18 Å². The highest BCUT2D eigenvalue weighted by Gasteiger charge is 2.34. The summed E-state index contributed by atoms with van der Waals surface area (Å²) in [5, 5.41) is 0. The third kappa shape index (κ3) is 5.44. The molecule has 2 aromatic rings. The van der Waals surface area contributed by atoms with Gasteiger partial charge in [-0.3, -0.25) is 9.69 Å². The zero-order valence-electron chi connectivity index (χ0n) is 17.3. The van der Waals surface area contributed by atoms with Crippen LogP contribution in [0.5, 0.6) is 0 Å². The summed E-state index contributed by atoms with van der Waals surface area (Å²) in [5.41, 5.74) is 0.523. The van der Waals surface area contributed by atoms with Gasteiger partial charge in [0.2, 0.25) is 10.0 Å². The lowest BCUT2D eigenvalue weighted by atomic mass is 10.1. The first-order valence-corrected chi connectivity index (χ1v) is 11.1. The maximum atomic E-state index is 12.9. The Bertz CT molecular complexity index is 1050. The van der Waals surface area contributed by atoms with Gasteiger partial charge in [-0.05, 0) is 35.9 Å². The molecule has 0 aromatic heterocycles. The van der Waals surface area contributed by atoms with Crippen molar-refractivity contribution in [2.45, 2.75) is 17.6 Å². The monoisotopic (exact) mass is 455 g/mol. The normalized spacial score (nSPS) is 16.3. The number of hydrogen-bond acceptors (Lipinski definition) is 4. The number of halogens is 3. The molecule has 0 spiro atoms. The summed E-state index contributed by atoms with van der Waals surface area (Å²) < 4.78 is 65.7. The number of alkyl halides is 3. The molecule has 168 valence electrons. The summed E-state index contributed by atoms with van der Waals surface area (Å²) >= 11 is 0. The number of amides is 1. The Morgan fingerprint density at radius 2 is 1.65 bits per heavy atom. The van der Waals surface area contributed by atoms with Crippen LogP contribution < -0.4 is 0 Å². The molecular formula is C21H24F3N3O3S. The van der Waals surface area contributed by atoms with Crippen LogP contribution in [0.4, 0.5) is 13.2 Å². The molecule has 3 rings (SSSR count). The predicted octanol–water partition coefficient (Wildman–Crippen LogP) is 2.91. The Balaban J connectivity index is 1.66. The fourth-order valence-electron chi connectivity index (χ4n) is 3.43. The minimum Gasteiger partial charge on any atom is -0.345 e. The molecule has 0 unspecified atom stereocenters. The third-order valence-corrected chi connectivity index (χ3v) is 7.01. The minimum atomic E-state index is -4.60. The molecule has 0 bridgehead atoms. The Kier molecular flexibility index (Phi) is 6.73. The first kappa shape index (κ1) is 23.2. The Hall–Kier alpha value is -2.43. The van der Waals surface area contributed by atoms with E-state index in [4.69, 9.17) is 0 Å². The second-order valence-corrected chi connectivity index (χ2v) is 9.54. The number of benzene rings is 2. The predicted molar refractivity (Wildman–Crippen MR) is 110 cm³/mol. The molecule has 1 aliphatic rings. The summed E-state index contributed by atoms with van der Waals surface area (Å²) in [6.45, 7) is 1.77. The van der Waals surface area contributed by atoms with E-state index in [1.54, 1.807) is 26.2 Å². The van der Waals surface area contributed by atoms with Crippen molar-refractivity contribution in [3.8, 4) is 0 Å². The van der Waals surface area contributed by atoms with E-state index in [-0.39, 0.29) is 23.9 Å². The molecule has 31 heavy (non-hydrogen) atoms. The van der Waals surface area contributed by atoms with Crippen LogP contribution in [0.25, 0.3) is 0 Å². The van der Waals surface area contributed by atoms with Crippen molar-refractivity contribution in [2.24, 2.45) is 0 Å². The van der Waals surface area contributed by atoms with Gasteiger partial charge in [0, 0.05) is 52.4 Å². The number of sulfonamides is 1. The summed E-state index contributed by atoms with van der Waals surface area (Å²) in [5.74, 6) is -0.0983. The van der Waals surface area contributed by atoms with E-state index in [1.807, 2.05) is 12.1 Å². The number of carbonyl (C=O) groups excluding carboxylic acids is 1. The number of hydrogen-bond donors (Lipinski definition) is 0. The van der Waals surface area contributed by atoms with Crippen molar-refractivity contribution >= 4 is 15.9 Å². The fourth-order valence-corrected chi connectivity index (χ4v) is 4.90. The van der Waals surface area contributed by atoms with Gasteiger partial charge in [-0.25, -0.2) is 8.42 Å². The molecule has 0 aliphatic carbocycles. The van der Waals surface area contributed by atoms with E-state index < -0.39 is 21.8 Å². The highest BCUT2D eigenvalue weighted by molar-refractivity contribution is 7.89. The molecule has 1 amide bonds. The largest absolute Gasteiger partial charge is 0.416 e. The molecule has 10 heteroatoms. The van der Waals surface area contributed by atoms with Crippen molar-refractivity contribution in [1.29, 1.82) is 0 Å². The van der Waals surface area contributed by atoms with E-state index in [0.717, 1.165) is 17.7 Å². The first-order chi connectivity index (χ1) is 14.5. The van der Waals surface area contributed by atoms with Crippen molar-refractivity contribution in [3.63, 3.8) is 0 Å². The molecule has 1 saturated heterocycles. The molecule has 0 atom stereocenters. The number of rotatable bonds is 5. The Labute approximate surface area is 179 Å².